The molecule has 206 valence electrons. The maximum Gasteiger partial charge on any atom is 0.334 e. The highest BCUT2D eigenvalue weighted by Crippen LogP contribution is 2.60. The summed E-state index contributed by atoms with van der Waals surface area (Å²) in [6, 6.07) is 0. The van der Waals surface area contributed by atoms with Crippen molar-refractivity contribution in [2.75, 3.05) is 0 Å². The molecule has 2 N–H and O–H groups in total. The second-order valence-corrected chi connectivity index (χ2v) is 12.8. The number of cyclic esters (lactones) is 1. The third-order valence-corrected chi connectivity index (χ3v) is 10.4. The average molecular weight is 511 g/mol. The number of fused-ring (bicyclic) bond motifs is 1. The normalized spacial score (nSPS) is 39.3. The minimum absolute atomic E-state index is 0.0159. The molecule has 0 spiro atoms. The molecule has 3 saturated carbocycles. The highest BCUT2D eigenvalue weighted by atomic mass is 16.6. The molecule has 4 heteroatoms. The molecule has 0 aromatic carbocycles. The summed E-state index contributed by atoms with van der Waals surface area (Å²) in [5, 5.41) is 20.4. The molecule has 4 aliphatic rings. The van der Waals surface area contributed by atoms with E-state index >= 15 is 0 Å². The van der Waals surface area contributed by atoms with Crippen molar-refractivity contribution >= 4 is 5.97 Å². The van der Waals surface area contributed by atoms with E-state index in [4.69, 9.17) is 4.74 Å². The molecule has 0 amide bonds. The fourth-order valence-corrected chi connectivity index (χ4v) is 8.24. The predicted octanol–water partition coefficient (Wildman–Crippen LogP) is 7.22. The molecular formula is C33H50O4. The van der Waals surface area contributed by atoms with Crippen LogP contribution in [-0.4, -0.2) is 34.5 Å². The van der Waals surface area contributed by atoms with Gasteiger partial charge in [-0.1, -0.05) is 77.3 Å². The Balaban J connectivity index is 1.44. The van der Waals surface area contributed by atoms with Crippen molar-refractivity contribution in [3.63, 3.8) is 0 Å². The van der Waals surface area contributed by atoms with Gasteiger partial charge in [0.15, 0.2) is 0 Å². The van der Waals surface area contributed by atoms with Crippen LogP contribution in [0.4, 0.5) is 0 Å². The molecule has 8 atom stereocenters. The second-order valence-electron chi connectivity index (χ2n) is 12.8. The van der Waals surface area contributed by atoms with Crippen LogP contribution in [0, 0.1) is 29.1 Å². The first-order chi connectivity index (χ1) is 17.7. The summed E-state index contributed by atoms with van der Waals surface area (Å²) in [6.45, 7) is 15.3. The van der Waals surface area contributed by atoms with Crippen molar-refractivity contribution in [2.45, 2.75) is 123 Å². The van der Waals surface area contributed by atoms with Gasteiger partial charge < -0.3 is 14.9 Å². The van der Waals surface area contributed by atoms with E-state index in [1.54, 1.807) is 0 Å². The van der Waals surface area contributed by atoms with Crippen molar-refractivity contribution in [1.82, 2.24) is 0 Å². The van der Waals surface area contributed by atoms with Crippen LogP contribution in [0.3, 0.4) is 0 Å². The smallest absolute Gasteiger partial charge is 0.334 e. The number of carbonyl (C=O) groups is 1. The van der Waals surface area contributed by atoms with Crippen LogP contribution in [0.2, 0.25) is 0 Å². The molecule has 0 bridgehead atoms. The van der Waals surface area contributed by atoms with E-state index in [1.807, 2.05) is 0 Å². The zero-order chi connectivity index (χ0) is 26.7. The zero-order valence-corrected chi connectivity index (χ0v) is 23.5. The lowest BCUT2D eigenvalue weighted by molar-refractivity contribution is -0.140. The van der Waals surface area contributed by atoms with Gasteiger partial charge in [0.05, 0.1) is 12.2 Å². The van der Waals surface area contributed by atoms with E-state index in [0.717, 1.165) is 36.8 Å². The third-order valence-electron chi connectivity index (χ3n) is 10.4. The molecule has 4 fully saturated rings. The molecule has 2 unspecified atom stereocenters. The molecule has 0 radical (unpaired) electrons. The maximum absolute atomic E-state index is 12.4. The van der Waals surface area contributed by atoms with Gasteiger partial charge in [0.2, 0.25) is 0 Å². The Morgan fingerprint density at radius 1 is 1.14 bits per heavy atom. The van der Waals surface area contributed by atoms with Crippen LogP contribution in [-0.2, 0) is 9.53 Å². The van der Waals surface area contributed by atoms with Crippen LogP contribution in [0.25, 0.3) is 0 Å². The molecule has 0 aromatic rings. The third kappa shape index (κ3) is 6.01. The zero-order valence-electron chi connectivity index (χ0n) is 23.5. The number of unbranched alkanes of at least 4 members (excludes halogenated alkanes) is 3. The fourth-order valence-electron chi connectivity index (χ4n) is 8.24. The van der Waals surface area contributed by atoms with Crippen molar-refractivity contribution in [3.8, 4) is 0 Å². The van der Waals surface area contributed by atoms with Crippen LogP contribution in [0.15, 0.2) is 47.6 Å². The number of allylic oxidation sites excluding steroid dienone is 3. The number of hydrogen-bond donors (Lipinski definition) is 2. The summed E-state index contributed by atoms with van der Waals surface area (Å²) in [6.07, 6.45) is 17.0. The van der Waals surface area contributed by atoms with Crippen LogP contribution < -0.4 is 0 Å². The van der Waals surface area contributed by atoms with Crippen molar-refractivity contribution in [1.29, 1.82) is 0 Å². The number of aliphatic hydroxyl groups excluding tert-OH is 2. The Morgan fingerprint density at radius 3 is 2.68 bits per heavy atom. The Morgan fingerprint density at radius 2 is 1.92 bits per heavy atom. The maximum atomic E-state index is 12.4. The summed E-state index contributed by atoms with van der Waals surface area (Å²) in [5.74, 6) is 1.69. The molecular weight excluding hydrogens is 460 g/mol. The van der Waals surface area contributed by atoms with Crippen molar-refractivity contribution < 1.29 is 19.7 Å². The Bertz CT molecular complexity index is 929. The molecule has 1 saturated heterocycles. The first-order valence-corrected chi connectivity index (χ1v) is 15.0. The van der Waals surface area contributed by atoms with E-state index < -0.39 is 12.2 Å². The second kappa shape index (κ2) is 12.0. The summed E-state index contributed by atoms with van der Waals surface area (Å²) in [4.78, 5) is 12.4. The topological polar surface area (TPSA) is 66.8 Å². The fraction of sp³-hybridized carbons (Fsp3) is 0.727. The number of rotatable bonds is 9. The van der Waals surface area contributed by atoms with Crippen molar-refractivity contribution in [2.24, 2.45) is 29.1 Å². The minimum Gasteiger partial charge on any atom is -0.458 e. The van der Waals surface area contributed by atoms with E-state index in [0.29, 0.717) is 36.2 Å². The number of esters is 1. The van der Waals surface area contributed by atoms with Gasteiger partial charge in [0, 0.05) is 17.9 Å². The van der Waals surface area contributed by atoms with E-state index in [1.165, 1.54) is 50.5 Å². The standard InChI is InChI=1S/C33H50O4/c1-6-7-8-9-12-27-23(4)32(36)37-31(27)18-21(2)28-15-16-29-24(11-10-17-33(28,29)5)13-14-25-19-26(34)20-30(35)22(25)3/h13-14,21,26-31,34-35H,3-4,6-12,15-20H2,1-2,5H3/t21-,26-,27?,28-,29+,30+,31?,33-/m1/s1. The molecule has 37 heavy (non-hydrogen) atoms. The molecule has 1 heterocycles. The van der Waals surface area contributed by atoms with E-state index in [2.05, 4.69) is 46.1 Å². The summed E-state index contributed by atoms with van der Waals surface area (Å²) in [7, 11) is 0. The lowest BCUT2D eigenvalue weighted by atomic mass is 9.60. The monoisotopic (exact) mass is 510 g/mol. The van der Waals surface area contributed by atoms with Gasteiger partial charge in [-0.2, -0.15) is 0 Å². The quantitative estimate of drug-likeness (QED) is 0.195. The van der Waals surface area contributed by atoms with Gasteiger partial charge in [-0.25, -0.2) is 4.79 Å². The number of ether oxygens (including phenoxy) is 1. The largest absolute Gasteiger partial charge is 0.458 e. The van der Waals surface area contributed by atoms with Gasteiger partial charge in [-0.3, -0.25) is 0 Å². The van der Waals surface area contributed by atoms with Gasteiger partial charge >= 0.3 is 5.97 Å². The Hall–Kier alpha value is -1.65. The van der Waals surface area contributed by atoms with Gasteiger partial charge in [-0.15, -0.1) is 0 Å². The summed E-state index contributed by atoms with van der Waals surface area (Å²) >= 11 is 0. The predicted molar refractivity (Wildman–Crippen MR) is 150 cm³/mol. The van der Waals surface area contributed by atoms with Crippen LogP contribution in [0.1, 0.15) is 104 Å². The molecule has 4 rings (SSSR count). The van der Waals surface area contributed by atoms with Gasteiger partial charge in [0.25, 0.3) is 0 Å². The molecule has 3 aliphatic carbocycles. The summed E-state index contributed by atoms with van der Waals surface area (Å²) < 4.78 is 5.89. The van der Waals surface area contributed by atoms with E-state index in [9.17, 15) is 15.0 Å². The lowest BCUT2D eigenvalue weighted by Crippen LogP contribution is -2.37. The Kier molecular flexibility index (Phi) is 9.22. The van der Waals surface area contributed by atoms with Crippen LogP contribution >= 0.6 is 0 Å². The first-order valence-electron chi connectivity index (χ1n) is 15.0. The SMILES string of the molecule is C=C1C(=O)OC(C[C@@H](C)[C@H]2CC[C@H]3C(=CC=C4C[C@@H](O)C[C@H](O)C4=C)CCC[C@]23C)C1CCCCCC. The lowest BCUT2D eigenvalue weighted by Gasteiger charge is -2.45. The summed E-state index contributed by atoms with van der Waals surface area (Å²) in [5.41, 5.74) is 4.23. The highest BCUT2D eigenvalue weighted by molar-refractivity contribution is 5.90. The highest BCUT2D eigenvalue weighted by Gasteiger charge is 2.51. The molecule has 0 aromatic heterocycles. The average Bonchev–Trinajstić information content (AvgIpc) is 3.34. The van der Waals surface area contributed by atoms with Crippen LogP contribution in [0.5, 0.6) is 0 Å². The molecule has 4 nitrogen and oxygen atoms in total. The van der Waals surface area contributed by atoms with E-state index in [-0.39, 0.29) is 23.4 Å². The number of hydrogen-bond acceptors (Lipinski definition) is 4. The molecule has 1 aliphatic heterocycles. The van der Waals surface area contributed by atoms with Gasteiger partial charge in [-0.05, 0) is 85.7 Å². The minimum atomic E-state index is -0.641. The Labute approximate surface area is 224 Å². The number of carbonyl (C=O) groups excluding carboxylic acids is 1. The van der Waals surface area contributed by atoms with Gasteiger partial charge in [0.1, 0.15) is 6.10 Å². The number of aliphatic hydroxyl groups is 2. The van der Waals surface area contributed by atoms with Crippen molar-refractivity contribution in [3.05, 3.63) is 47.6 Å². The first kappa shape index (κ1) is 28.4.